The van der Waals surface area contributed by atoms with E-state index >= 15 is 0 Å². The molecule has 0 saturated heterocycles. The lowest BCUT2D eigenvalue weighted by molar-refractivity contribution is 0.654. The quantitative estimate of drug-likeness (QED) is 0.305. The summed E-state index contributed by atoms with van der Waals surface area (Å²) in [5.41, 5.74) is 3.86. The van der Waals surface area contributed by atoms with Crippen molar-refractivity contribution in [2.45, 2.75) is 0 Å². The summed E-state index contributed by atoms with van der Waals surface area (Å²) in [6, 6.07) is 27.3. The minimum Gasteiger partial charge on any atom is -0.438 e. The van der Waals surface area contributed by atoms with E-state index in [0.29, 0.717) is 33.8 Å². The second kappa shape index (κ2) is 7.55. The van der Waals surface area contributed by atoms with Gasteiger partial charge in [0.2, 0.25) is 5.71 Å². The van der Waals surface area contributed by atoms with E-state index in [0.717, 1.165) is 27.5 Å². The third kappa shape index (κ3) is 3.20. The van der Waals surface area contributed by atoms with Gasteiger partial charge in [-0.05, 0) is 18.2 Å². The van der Waals surface area contributed by atoms with Crippen LogP contribution in [0.1, 0.15) is 0 Å². The Bertz CT molecular complexity index is 1520. The lowest BCUT2D eigenvalue weighted by Crippen LogP contribution is -2.00. The summed E-state index contributed by atoms with van der Waals surface area (Å²) in [6.45, 7) is 0. The Labute approximate surface area is 188 Å². The van der Waals surface area contributed by atoms with E-state index in [-0.39, 0.29) is 0 Å². The fourth-order valence-electron chi connectivity index (χ4n) is 3.79. The Morgan fingerprint density at radius 2 is 1.28 bits per heavy atom. The molecule has 0 aliphatic carbocycles. The normalized spacial score (nSPS) is 11.3. The van der Waals surface area contributed by atoms with Crippen molar-refractivity contribution in [2.24, 2.45) is 0 Å². The van der Waals surface area contributed by atoms with Crippen molar-refractivity contribution in [3.63, 3.8) is 0 Å². The summed E-state index contributed by atoms with van der Waals surface area (Å²) in [6.07, 6.45) is 1.70. The van der Waals surface area contributed by atoms with Gasteiger partial charge in [0.05, 0.1) is 5.39 Å². The van der Waals surface area contributed by atoms with E-state index in [1.807, 2.05) is 78.9 Å². The van der Waals surface area contributed by atoms with Crippen LogP contribution in [0.5, 0.6) is 0 Å². The number of nitrogens with zero attached hydrogens (tertiary/aromatic N) is 4. The van der Waals surface area contributed by atoms with Crippen molar-refractivity contribution in [1.29, 1.82) is 0 Å². The van der Waals surface area contributed by atoms with Gasteiger partial charge in [0.25, 0.3) is 0 Å². The lowest BCUT2D eigenvalue weighted by Gasteiger charge is -2.09. The standard InChI is InChI=1S/C26H15ClN4O/c27-18-11-12-19-21(15-18)32-26-22(19)20(13-14-28-26)25-30-23(16-7-3-1-4-8-16)29-24(31-25)17-9-5-2-6-10-17/h1-15H. The molecule has 0 N–H and O–H groups in total. The maximum Gasteiger partial charge on any atom is 0.228 e. The van der Waals surface area contributed by atoms with Crippen LogP contribution in [-0.2, 0) is 0 Å². The zero-order valence-electron chi connectivity index (χ0n) is 16.7. The molecule has 3 aromatic carbocycles. The van der Waals surface area contributed by atoms with Crippen molar-refractivity contribution >= 4 is 33.7 Å². The molecule has 0 bridgehead atoms. The van der Waals surface area contributed by atoms with E-state index < -0.39 is 0 Å². The molecule has 152 valence electrons. The number of halogens is 1. The van der Waals surface area contributed by atoms with Crippen LogP contribution in [-0.4, -0.2) is 19.9 Å². The van der Waals surface area contributed by atoms with Crippen molar-refractivity contribution in [3.8, 4) is 34.2 Å². The van der Waals surface area contributed by atoms with Crippen molar-refractivity contribution in [1.82, 2.24) is 19.9 Å². The number of benzene rings is 3. The van der Waals surface area contributed by atoms with Crippen LogP contribution in [0.2, 0.25) is 5.02 Å². The summed E-state index contributed by atoms with van der Waals surface area (Å²) in [7, 11) is 0. The molecule has 3 heterocycles. The predicted octanol–water partition coefficient (Wildman–Crippen LogP) is 6.82. The van der Waals surface area contributed by atoms with Crippen LogP contribution in [0.15, 0.2) is 95.5 Å². The first-order valence-electron chi connectivity index (χ1n) is 10.1. The SMILES string of the molecule is Clc1ccc2c(c1)oc1nccc(-c3nc(-c4ccccc4)nc(-c4ccccc4)n3)c12. The molecule has 0 spiro atoms. The summed E-state index contributed by atoms with van der Waals surface area (Å²) >= 11 is 6.17. The number of rotatable bonds is 3. The van der Waals surface area contributed by atoms with Gasteiger partial charge in [-0.15, -0.1) is 0 Å². The van der Waals surface area contributed by atoms with E-state index in [9.17, 15) is 0 Å². The van der Waals surface area contributed by atoms with E-state index in [2.05, 4.69) is 4.98 Å². The number of furan rings is 1. The molecule has 0 aliphatic rings. The van der Waals surface area contributed by atoms with Gasteiger partial charge in [-0.1, -0.05) is 72.3 Å². The van der Waals surface area contributed by atoms with Crippen molar-refractivity contribution in [2.75, 3.05) is 0 Å². The molecule has 6 heteroatoms. The number of fused-ring (bicyclic) bond motifs is 3. The first-order valence-corrected chi connectivity index (χ1v) is 10.5. The Hall–Kier alpha value is -4.09. The Morgan fingerprint density at radius 1 is 0.656 bits per heavy atom. The number of hydrogen-bond acceptors (Lipinski definition) is 5. The average molecular weight is 435 g/mol. The fourth-order valence-corrected chi connectivity index (χ4v) is 3.95. The molecule has 0 unspecified atom stereocenters. The summed E-state index contributed by atoms with van der Waals surface area (Å²) in [4.78, 5) is 18.8. The molecule has 5 nitrogen and oxygen atoms in total. The Morgan fingerprint density at radius 3 is 1.94 bits per heavy atom. The van der Waals surface area contributed by atoms with Crippen LogP contribution >= 0.6 is 11.6 Å². The molecule has 0 aliphatic heterocycles. The van der Waals surface area contributed by atoms with Gasteiger partial charge < -0.3 is 4.42 Å². The highest BCUT2D eigenvalue weighted by molar-refractivity contribution is 6.31. The fraction of sp³-hybridized carbons (Fsp3) is 0. The highest BCUT2D eigenvalue weighted by Crippen LogP contribution is 2.36. The number of hydrogen-bond donors (Lipinski definition) is 0. The van der Waals surface area contributed by atoms with Gasteiger partial charge in [-0.3, -0.25) is 0 Å². The predicted molar refractivity (Wildman–Crippen MR) is 126 cm³/mol. The van der Waals surface area contributed by atoms with E-state index in [1.54, 1.807) is 12.3 Å². The maximum atomic E-state index is 6.17. The van der Waals surface area contributed by atoms with Gasteiger partial charge >= 0.3 is 0 Å². The first-order chi connectivity index (χ1) is 15.8. The third-order valence-electron chi connectivity index (χ3n) is 5.28. The van der Waals surface area contributed by atoms with Gasteiger partial charge in [0.1, 0.15) is 5.58 Å². The van der Waals surface area contributed by atoms with Gasteiger partial charge in [-0.25, -0.2) is 19.9 Å². The molecule has 6 aromatic rings. The van der Waals surface area contributed by atoms with Gasteiger partial charge in [0, 0.05) is 39.4 Å². The summed E-state index contributed by atoms with van der Waals surface area (Å²) < 4.78 is 5.96. The first kappa shape index (κ1) is 18.7. The van der Waals surface area contributed by atoms with Crippen LogP contribution in [0, 0.1) is 0 Å². The van der Waals surface area contributed by atoms with Crippen molar-refractivity contribution < 1.29 is 4.42 Å². The molecule has 0 saturated carbocycles. The molecule has 0 atom stereocenters. The maximum absolute atomic E-state index is 6.17. The molecule has 0 amide bonds. The zero-order chi connectivity index (χ0) is 21.5. The van der Waals surface area contributed by atoms with E-state index in [1.165, 1.54) is 0 Å². The molecule has 32 heavy (non-hydrogen) atoms. The van der Waals surface area contributed by atoms with Crippen LogP contribution in [0.4, 0.5) is 0 Å². The average Bonchev–Trinajstić information content (AvgIpc) is 3.22. The van der Waals surface area contributed by atoms with Crippen LogP contribution in [0.3, 0.4) is 0 Å². The largest absolute Gasteiger partial charge is 0.438 e. The minimum absolute atomic E-state index is 0.516. The molecule has 3 aromatic heterocycles. The molecule has 6 rings (SSSR count). The zero-order valence-corrected chi connectivity index (χ0v) is 17.5. The Kier molecular flexibility index (Phi) is 4.40. The second-order valence-corrected chi connectivity index (χ2v) is 7.76. The molecular weight excluding hydrogens is 420 g/mol. The van der Waals surface area contributed by atoms with Crippen LogP contribution < -0.4 is 0 Å². The summed E-state index contributed by atoms with van der Waals surface area (Å²) in [5.74, 6) is 1.77. The molecule has 0 radical (unpaired) electrons. The lowest BCUT2D eigenvalue weighted by atomic mass is 10.1. The highest BCUT2D eigenvalue weighted by atomic mass is 35.5. The number of pyridine rings is 1. The van der Waals surface area contributed by atoms with E-state index in [4.69, 9.17) is 31.0 Å². The topological polar surface area (TPSA) is 64.7 Å². The monoisotopic (exact) mass is 434 g/mol. The third-order valence-corrected chi connectivity index (χ3v) is 5.51. The Balaban J connectivity index is 1.65. The van der Waals surface area contributed by atoms with Gasteiger partial charge in [0.15, 0.2) is 17.5 Å². The molecule has 0 fully saturated rings. The van der Waals surface area contributed by atoms with Crippen LogP contribution in [0.25, 0.3) is 56.2 Å². The summed E-state index contributed by atoms with van der Waals surface area (Å²) in [5, 5.41) is 2.37. The smallest absolute Gasteiger partial charge is 0.228 e. The number of aromatic nitrogens is 4. The van der Waals surface area contributed by atoms with Crippen molar-refractivity contribution in [3.05, 3.63) is 96.1 Å². The van der Waals surface area contributed by atoms with Gasteiger partial charge in [-0.2, -0.15) is 0 Å². The molecular formula is C26H15ClN4O. The highest BCUT2D eigenvalue weighted by Gasteiger charge is 2.18. The second-order valence-electron chi connectivity index (χ2n) is 7.32. The minimum atomic E-state index is 0.516.